The lowest BCUT2D eigenvalue weighted by atomic mass is 9.79. The summed E-state index contributed by atoms with van der Waals surface area (Å²) >= 11 is 17.8. The lowest BCUT2D eigenvalue weighted by molar-refractivity contribution is -0.122. The molecule has 2 aromatic carbocycles. The van der Waals surface area contributed by atoms with Gasteiger partial charge in [0.15, 0.2) is 5.11 Å². The minimum absolute atomic E-state index is 0.00218. The van der Waals surface area contributed by atoms with Gasteiger partial charge in [0, 0.05) is 29.4 Å². The van der Waals surface area contributed by atoms with Crippen LogP contribution in [0.5, 0.6) is 5.75 Å². The standard InChI is InChI=1S/C26H27Cl2N3O3S/c1-6-30-20-12-21(34-5)15(10-16(20)14(2)13-26(30,3)4)11-17-23(32)29-25(35)31(24(17)33)19-9-7-8-18(27)22(19)28/h7-12,14H,6,13H2,1-5H3,(H,29,32,35)/b17-11-. The minimum atomic E-state index is -0.591. The average molecular weight is 532 g/mol. The highest BCUT2D eigenvalue weighted by molar-refractivity contribution is 7.80. The van der Waals surface area contributed by atoms with Crippen molar-refractivity contribution in [1.29, 1.82) is 0 Å². The number of rotatable bonds is 4. The van der Waals surface area contributed by atoms with Crippen molar-refractivity contribution in [3.63, 3.8) is 0 Å². The Morgan fingerprint density at radius 3 is 2.60 bits per heavy atom. The smallest absolute Gasteiger partial charge is 0.270 e. The molecule has 0 bridgehead atoms. The molecule has 0 radical (unpaired) electrons. The van der Waals surface area contributed by atoms with Gasteiger partial charge in [-0.3, -0.25) is 19.8 Å². The summed E-state index contributed by atoms with van der Waals surface area (Å²) in [6.45, 7) is 9.65. The molecule has 9 heteroatoms. The van der Waals surface area contributed by atoms with Crippen LogP contribution in [0, 0.1) is 0 Å². The topological polar surface area (TPSA) is 61.9 Å². The maximum atomic E-state index is 13.5. The summed E-state index contributed by atoms with van der Waals surface area (Å²) in [5.41, 5.74) is 3.10. The molecule has 35 heavy (non-hydrogen) atoms. The van der Waals surface area contributed by atoms with E-state index in [1.54, 1.807) is 31.4 Å². The van der Waals surface area contributed by atoms with Crippen molar-refractivity contribution < 1.29 is 14.3 Å². The van der Waals surface area contributed by atoms with E-state index in [0.29, 0.717) is 17.0 Å². The predicted octanol–water partition coefficient (Wildman–Crippen LogP) is 5.95. The number of halogens is 2. The van der Waals surface area contributed by atoms with Crippen molar-refractivity contribution in [2.45, 2.75) is 45.6 Å². The Hall–Kier alpha value is -2.61. The molecule has 2 heterocycles. The third-order valence-corrected chi connectivity index (χ3v) is 7.72. The van der Waals surface area contributed by atoms with Gasteiger partial charge in [0.05, 0.1) is 22.8 Å². The maximum absolute atomic E-state index is 13.5. The van der Waals surface area contributed by atoms with Crippen LogP contribution in [-0.2, 0) is 9.59 Å². The number of amides is 2. The molecule has 0 aromatic heterocycles. The number of anilines is 2. The van der Waals surface area contributed by atoms with Crippen molar-refractivity contribution in [1.82, 2.24) is 5.32 Å². The largest absolute Gasteiger partial charge is 0.496 e. The zero-order chi connectivity index (χ0) is 25.7. The Morgan fingerprint density at radius 2 is 1.94 bits per heavy atom. The number of ether oxygens (including phenoxy) is 1. The molecule has 1 N–H and O–H groups in total. The molecule has 0 aliphatic carbocycles. The maximum Gasteiger partial charge on any atom is 0.270 e. The Kier molecular flexibility index (Phi) is 6.88. The van der Waals surface area contributed by atoms with Crippen molar-refractivity contribution in [3.8, 4) is 5.75 Å². The Morgan fingerprint density at radius 1 is 1.23 bits per heavy atom. The number of fused-ring (bicyclic) bond motifs is 1. The lowest BCUT2D eigenvalue weighted by Crippen LogP contribution is -2.54. The molecule has 0 saturated carbocycles. The quantitative estimate of drug-likeness (QED) is 0.300. The molecule has 2 aliphatic heterocycles. The number of hydrogen-bond donors (Lipinski definition) is 1. The Bertz CT molecular complexity index is 1270. The summed E-state index contributed by atoms with van der Waals surface area (Å²) in [5, 5.41) is 2.97. The average Bonchev–Trinajstić information content (AvgIpc) is 2.78. The Labute approximate surface area is 220 Å². The number of methoxy groups -OCH3 is 1. The van der Waals surface area contributed by atoms with Gasteiger partial charge >= 0.3 is 0 Å². The first-order valence-corrected chi connectivity index (χ1v) is 12.5. The van der Waals surface area contributed by atoms with Crippen molar-refractivity contribution in [2.75, 3.05) is 23.5 Å². The molecular weight excluding hydrogens is 505 g/mol. The second kappa shape index (κ2) is 9.45. The van der Waals surface area contributed by atoms with Gasteiger partial charge in [-0.25, -0.2) is 0 Å². The highest BCUT2D eigenvalue weighted by Crippen LogP contribution is 2.46. The molecule has 1 fully saturated rings. The van der Waals surface area contributed by atoms with Crippen molar-refractivity contribution in [2.24, 2.45) is 0 Å². The fourth-order valence-corrected chi connectivity index (χ4v) is 5.77. The molecule has 1 atom stereocenters. The van der Waals surface area contributed by atoms with E-state index in [9.17, 15) is 9.59 Å². The summed E-state index contributed by atoms with van der Waals surface area (Å²) in [7, 11) is 1.58. The number of nitrogens with one attached hydrogen (secondary N) is 1. The third kappa shape index (κ3) is 4.41. The van der Waals surface area contributed by atoms with Crippen LogP contribution in [0.1, 0.15) is 51.2 Å². The van der Waals surface area contributed by atoms with E-state index in [1.807, 2.05) is 12.1 Å². The molecule has 6 nitrogen and oxygen atoms in total. The Balaban J connectivity index is 1.83. The summed E-state index contributed by atoms with van der Waals surface area (Å²) in [4.78, 5) is 29.9. The molecule has 4 rings (SSSR count). The molecule has 1 unspecified atom stereocenters. The van der Waals surface area contributed by atoms with Gasteiger partial charge in [-0.1, -0.05) is 36.2 Å². The van der Waals surface area contributed by atoms with Crippen LogP contribution >= 0.6 is 35.4 Å². The van der Waals surface area contributed by atoms with Crippen LogP contribution in [0.25, 0.3) is 6.08 Å². The van der Waals surface area contributed by atoms with E-state index in [0.717, 1.165) is 24.2 Å². The van der Waals surface area contributed by atoms with E-state index in [2.05, 4.69) is 37.9 Å². The zero-order valence-electron chi connectivity index (χ0n) is 20.2. The summed E-state index contributed by atoms with van der Waals surface area (Å²) in [6, 6.07) is 8.89. The van der Waals surface area contributed by atoms with Crippen LogP contribution in [0.3, 0.4) is 0 Å². The monoisotopic (exact) mass is 531 g/mol. The molecule has 1 saturated heterocycles. The van der Waals surface area contributed by atoms with E-state index >= 15 is 0 Å². The van der Waals surface area contributed by atoms with Gasteiger partial charge < -0.3 is 9.64 Å². The van der Waals surface area contributed by atoms with Crippen LogP contribution in [0.15, 0.2) is 35.9 Å². The number of thiocarbonyl (C=S) groups is 1. The first kappa shape index (κ1) is 25.5. The normalized spacial score (nSPS) is 20.7. The van der Waals surface area contributed by atoms with Gasteiger partial charge in [-0.05, 0) is 75.2 Å². The lowest BCUT2D eigenvalue weighted by Gasteiger charge is -2.47. The van der Waals surface area contributed by atoms with Crippen LogP contribution < -0.4 is 19.9 Å². The fourth-order valence-electron chi connectivity index (χ4n) is 5.11. The second-order valence-electron chi connectivity index (χ2n) is 9.35. The van der Waals surface area contributed by atoms with Crippen LogP contribution in [-0.4, -0.2) is 36.1 Å². The van der Waals surface area contributed by atoms with Gasteiger partial charge in [0.2, 0.25) is 0 Å². The van der Waals surface area contributed by atoms with Crippen LogP contribution in [0.4, 0.5) is 11.4 Å². The molecule has 184 valence electrons. The highest BCUT2D eigenvalue weighted by atomic mass is 35.5. The highest BCUT2D eigenvalue weighted by Gasteiger charge is 2.38. The van der Waals surface area contributed by atoms with Gasteiger partial charge in [0.25, 0.3) is 11.8 Å². The molecule has 0 spiro atoms. The first-order valence-electron chi connectivity index (χ1n) is 11.3. The fraction of sp³-hybridized carbons (Fsp3) is 0.346. The summed E-state index contributed by atoms with van der Waals surface area (Å²) in [6.07, 6.45) is 2.53. The number of carbonyl (C=O) groups excluding carboxylic acids is 2. The number of benzene rings is 2. The predicted molar refractivity (Wildman–Crippen MR) is 146 cm³/mol. The van der Waals surface area contributed by atoms with E-state index < -0.39 is 11.8 Å². The van der Waals surface area contributed by atoms with E-state index in [-0.39, 0.29) is 32.2 Å². The first-order chi connectivity index (χ1) is 16.5. The van der Waals surface area contributed by atoms with E-state index in [4.69, 9.17) is 40.2 Å². The van der Waals surface area contributed by atoms with Crippen molar-refractivity contribution >= 4 is 69.8 Å². The van der Waals surface area contributed by atoms with E-state index in [1.165, 1.54) is 4.90 Å². The van der Waals surface area contributed by atoms with Gasteiger partial charge in [-0.2, -0.15) is 0 Å². The molecule has 2 aliphatic rings. The van der Waals surface area contributed by atoms with Gasteiger partial charge in [0.1, 0.15) is 11.3 Å². The number of hydrogen-bond acceptors (Lipinski definition) is 5. The summed E-state index contributed by atoms with van der Waals surface area (Å²) in [5.74, 6) is -0.317. The minimum Gasteiger partial charge on any atom is -0.496 e. The molecule has 2 aromatic rings. The molecular formula is C26H27Cl2N3O3S. The van der Waals surface area contributed by atoms with Crippen molar-refractivity contribution in [3.05, 3.63) is 57.1 Å². The third-order valence-electron chi connectivity index (χ3n) is 6.63. The number of carbonyl (C=O) groups is 2. The molecule has 2 amide bonds. The SMILES string of the molecule is CCN1c2cc(OC)c(/C=C3/C(=O)NC(=S)N(c4cccc(Cl)c4Cl)C3=O)cc2C(C)CC1(C)C. The second-order valence-corrected chi connectivity index (χ2v) is 10.5. The zero-order valence-corrected chi connectivity index (χ0v) is 22.6. The van der Waals surface area contributed by atoms with Crippen LogP contribution in [0.2, 0.25) is 10.0 Å². The number of nitrogens with zero attached hydrogens (tertiary/aromatic N) is 2. The van der Waals surface area contributed by atoms with Gasteiger partial charge in [-0.15, -0.1) is 0 Å². The summed E-state index contributed by atoms with van der Waals surface area (Å²) < 4.78 is 5.69.